The minimum atomic E-state index is -1.03. The summed E-state index contributed by atoms with van der Waals surface area (Å²) < 4.78 is 0. The van der Waals surface area contributed by atoms with Crippen LogP contribution in [0.15, 0.2) is 24.3 Å². The second kappa shape index (κ2) is 7.94. The van der Waals surface area contributed by atoms with Gasteiger partial charge in [0.05, 0.1) is 23.2 Å². The molecule has 112 valence electrons. The minimum absolute atomic E-state index is 0.0435. The first-order chi connectivity index (χ1) is 9.47. The van der Waals surface area contributed by atoms with Crippen molar-refractivity contribution in [3.63, 3.8) is 0 Å². The molecule has 1 aromatic rings. The summed E-state index contributed by atoms with van der Waals surface area (Å²) in [7, 11) is 0. The van der Waals surface area contributed by atoms with Crippen molar-refractivity contribution in [3.8, 4) is 0 Å². The highest BCUT2D eigenvalue weighted by Crippen LogP contribution is 2.22. The average Bonchev–Trinajstić information content (AvgIpc) is 2.46. The van der Waals surface area contributed by atoms with Gasteiger partial charge in [0.1, 0.15) is 0 Å². The Morgan fingerprint density at radius 1 is 1.25 bits per heavy atom. The molecule has 0 heterocycles. The normalized spacial score (nSPS) is 15.6. The first kappa shape index (κ1) is 16.6. The summed E-state index contributed by atoms with van der Waals surface area (Å²) in [5.41, 5.74) is 6.27. The molecule has 0 spiro atoms. The van der Waals surface area contributed by atoms with E-state index in [0.717, 1.165) is 19.3 Å². The molecule has 0 bridgehead atoms. The number of nitro groups is 1. The van der Waals surface area contributed by atoms with Crippen molar-refractivity contribution in [3.05, 3.63) is 39.9 Å². The highest BCUT2D eigenvalue weighted by Gasteiger charge is 2.24. The van der Waals surface area contributed by atoms with Crippen molar-refractivity contribution < 1.29 is 15.1 Å². The Bertz CT molecular complexity index is 422. The smallest absolute Gasteiger partial charge is 0.269 e. The third-order valence-electron chi connectivity index (χ3n) is 3.36. The largest absolute Gasteiger partial charge is 0.391 e. The Hall–Kier alpha value is -1.50. The van der Waals surface area contributed by atoms with Crippen molar-refractivity contribution in [2.24, 2.45) is 5.73 Å². The second-order valence-electron chi connectivity index (χ2n) is 4.93. The molecule has 6 nitrogen and oxygen atoms in total. The van der Waals surface area contributed by atoms with Gasteiger partial charge in [-0.05, 0) is 24.1 Å². The van der Waals surface area contributed by atoms with Crippen LogP contribution in [0.4, 0.5) is 5.69 Å². The lowest BCUT2D eigenvalue weighted by atomic mass is 9.95. The summed E-state index contributed by atoms with van der Waals surface area (Å²) in [6.07, 6.45) is 1.64. The monoisotopic (exact) mass is 282 g/mol. The van der Waals surface area contributed by atoms with Gasteiger partial charge in [0.2, 0.25) is 0 Å². The molecule has 0 saturated heterocycles. The fourth-order valence-electron chi connectivity index (χ4n) is 2.02. The molecule has 20 heavy (non-hydrogen) atoms. The molecule has 4 N–H and O–H groups in total. The van der Waals surface area contributed by atoms with Crippen LogP contribution in [-0.4, -0.2) is 27.3 Å². The summed E-state index contributed by atoms with van der Waals surface area (Å²) in [6, 6.07) is 4.75. The maximum atomic E-state index is 10.5. The van der Waals surface area contributed by atoms with Gasteiger partial charge in [-0.25, -0.2) is 0 Å². The van der Waals surface area contributed by atoms with Crippen molar-refractivity contribution in [2.75, 3.05) is 0 Å². The van der Waals surface area contributed by atoms with Crippen molar-refractivity contribution in [2.45, 2.75) is 50.9 Å². The number of unbranched alkanes of at least 4 members (excludes halogenated alkanes) is 2. The quantitative estimate of drug-likeness (QED) is 0.383. The van der Waals surface area contributed by atoms with E-state index in [1.807, 2.05) is 0 Å². The molecular weight excluding hydrogens is 260 g/mol. The van der Waals surface area contributed by atoms with Crippen molar-refractivity contribution >= 4 is 5.69 Å². The highest BCUT2D eigenvalue weighted by molar-refractivity contribution is 5.34. The van der Waals surface area contributed by atoms with Crippen LogP contribution in [0, 0.1) is 10.1 Å². The number of hydrogen-bond donors (Lipinski definition) is 3. The van der Waals surface area contributed by atoms with E-state index in [0.29, 0.717) is 12.0 Å². The summed E-state index contributed by atoms with van der Waals surface area (Å²) >= 11 is 0. The summed E-state index contributed by atoms with van der Waals surface area (Å²) in [4.78, 5) is 10.0. The van der Waals surface area contributed by atoms with Crippen LogP contribution in [0.1, 0.15) is 44.3 Å². The molecule has 0 aliphatic carbocycles. The van der Waals surface area contributed by atoms with Gasteiger partial charge >= 0.3 is 0 Å². The van der Waals surface area contributed by atoms with Crippen LogP contribution in [-0.2, 0) is 0 Å². The number of hydrogen-bond acceptors (Lipinski definition) is 5. The highest BCUT2D eigenvalue weighted by atomic mass is 16.6. The van der Waals surface area contributed by atoms with Crippen molar-refractivity contribution in [1.29, 1.82) is 0 Å². The lowest BCUT2D eigenvalue weighted by Gasteiger charge is -2.24. The first-order valence-electron chi connectivity index (χ1n) is 6.83. The van der Waals surface area contributed by atoms with Crippen LogP contribution >= 0.6 is 0 Å². The number of aliphatic hydroxyl groups excluding tert-OH is 2. The summed E-state index contributed by atoms with van der Waals surface area (Å²) in [6.45, 7) is 2.07. The molecule has 0 aliphatic heterocycles. The third kappa shape index (κ3) is 4.56. The van der Waals surface area contributed by atoms with Gasteiger partial charge in [-0.2, -0.15) is 0 Å². The molecule has 1 rings (SSSR count). The van der Waals surface area contributed by atoms with Crippen LogP contribution in [0.2, 0.25) is 0 Å². The molecular formula is C14H22N2O4. The lowest BCUT2D eigenvalue weighted by Crippen LogP contribution is -2.40. The first-order valence-corrected chi connectivity index (χ1v) is 6.83. The molecule has 0 aliphatic rings. The Kier molecular flexibility index (Phi) is 6.57. The molecule has 0 amide bonds. The molecule has 0 radical (unpaired) electrons. The number of rotatable bonds is 8. The Balaban J connectivity index is 2.63. The van der Waals surface area contributed by atoms with E-state index in [9.17, 15) is 20.3 Å². The van der Waals surface area contributed by atoms with E-state index < -0.39 is 23.2 Å². The summed E-state index contributed by atoms with van der Waals surface area (Å²) in [5.74, 6) is 0. The number of nitrogens with zero attached hydrogens (tertiary/aromatic N) is 1. The van der Waals surface area contributed by atoms with E-state index in [1.54, 1.807) is 0 Å². The number of nitro benzene ring substituents is 1. The van der Waals surface area contributed by atoms with Gasteiger partial charge in [-0.1, -0.05) is 26.2 Å². The fraction of sp³-hybridized carbons (Fsp3) is 0.571. The van der Waals surface area contributed by atoms with Crippen LogP contribution in [0.3, 0.4) is 0 Å². The van der Waals surface area contributed by atoms with Crippen molar-refractivity contribution in [1.82, 2.24) is 0 Å². The third-order valence-corrected chi connectivity index (χ3v) is 3.36. The van der Waals surface area contributed by atoms with E-state index in [2.05, 4.69) is 6.92 Å². The SMILES string of the molecule is CCCCCC(O)C(N)C(O)c1ccc([N+](=O)[O-])cc1. The van der Waals surface area contributed by atoms with E-state index in [1.165, 1.54) is 24.3 Å². The zero-order valence-electron chi connectivity index (χ0n) is 11.6. The molecule has 3 atom stereocenters. The van der Waals surface area contributed by atoms with Gasteiger partial charge in [-0.15, -0.1) is 0 Å². The molecule has 1 aromatic carbocycles. The Labute approximate surface area is 118 Å². The Morgan fingerprint density at radius 2 is 1.85 bits per heavy atom. The van der Waals surface area contributed by atoms with Crippen LogP contribution in [0.5, 0.6) is 0 Å². The van der Waals surface area contributed by atoms with Crippen LogP contribution in [0.25, 0.3) is 0 Å². The maximum absolute atomic E-state index is 10.5. The average molecular weight is 282 g/mol. The van der Waals surface area contributed by atoms with E-state index in [-0.39, 0.29) is 5.69 Å². The fourth-order valence-corrected chi connectivity index (χ4v) is 2.02. The number of benzene rings is 1. The van der Waals surface area contributed by atoms with Gasteiger partial charge in [0.25, 0.3) is 5.69 Å². The van der Waals surface area contributed by atoms with Crippen LogP contribution < -0.4 is 5.73 Å². The lowest BCUT2D eigenvalue weighted by molar-refractivity contribution is -0.384. The zero-order chi connectivity index (χ0) is 15.1. The van der Waals surface area contributed by atoms with Gasteiger partial charge in [0.15, 0.2) is 0 Å². The standard InChI is InChI=1S/C14H22N2O4/c1-2-3-4-5-12(17)13(15)14(18)10-6-8-11(9-7-10)16(19)20/h6-9,12-14,17-18H,2-5,15H2,1H3. The van der Waals surface area contributed by atoms with Gasteiger partial charge in [0, 0.05) is 12.1 Å². The molecule has 0 fully saturated rings. The molecule has 3 unspecified atom stereocenters. The second-order valence-corrected chi connectivity index (χ2v) is 4.93. The number of aliphatic hydroxyl groups is 2. The predicted octanol–water partition coefficient (Wildman–Crippen LogP) is 1.90. The van der Waals surface area contributed by atoms with E-state index >= 15 is 0 Å². The zero-order valence-corrected chi connectivity index (χ0v) is 11.6. The minimum Gasteiger partial charge on any atom is -0.391 e. The Morgan fingerprint density at radius 3 is 2.35 bits per heavy atom. The topological polar surface area (TPSA) is 110 Å². The molecule has 0 aromatic heterocycles. The number of non-ortho nitro benzene ring substituents is 1. The van der Waals surface area contributed by atoms with Gasteiger partial charge < -0.3 is 15.9 Å². The van der Waals surface area contributed by atoms with Gasteiger partial charge in [-0.3, -0.25) is 10.1 Å². The molecule has 0 saturated carbocycles. The number of nitrogens with two attached hydrogens (primary N) is 1. The predicted molar refractivity (Wildman–Crippen MR) is 76.2 cm³/mol. The summed E-state index contributed by atoms with van der Waals surface area (Å²) in [5, 5.41) is 30.6. The van der Waals surface area contributed by atoms with E-state index in [4.69, 9.17) is 5.73 Å². The molecule has 6 heteroatoms. The maximum Gasteiger partial charge on any atom is 0.269 e.